The molecule has 0 fully saturated rings. The summed E-state index contributed by atoms with van der Waals surface area (Å²) in [6.07, 6.45) is 6.11. The Morgan fingerprint density at radius 1 is 1.05 bits per heavy atom. The molecule has 0 aliphatic carbocycles. The van der Waals surface area contributed by atoms with Gasteiger partial charge in [0.05, 0.1) is 11.6 Å². The fraction of sp³-hybridized carbons (Fsp3) is 0.625. The van der Waals surface area contributed by atoms with E-state index in [4.69, 9.17) is 27.9 Å². The van der Waals surface area contributed by atoms with Crippen molar-refractivity contribution in [2.24, 2.45) is 0 Å². The molecular formula is C16H25Cl2NO. The van der Waals surface area contributed by atoms with Crippen LogP contribution in [0.4, 0.5) is 0 Å². The van der Waals surface area contributed by atoms with Crippen molar-refractivity contribution in [2.45, 2.75) is 52.5 Å². The Morgan fingerprint density at radius 3 is 2.50 bits per heavy atom. The van der Waals surface area contributed by atoms with Gasteiger partial charge in [-0.1, -0.05) is 62.7 Å². The molecule has 1 N–H and O–H groups in total. The summed E-state index contributed by atoms with van der Waals surface area (Å²) in [5, 5.41) is 4.53. The fourth-order valence-corrected chi connectivity index (χ4v) is 2.64. The van der Waals surface area contributed by atoms with Crippen LogP contribution < -0.4 is 10.1 Å². The number of unbranched alkanes of at least 4 members (excludes halogenated alkanes) is 4. The highest BCUT2D eigenvalue weighted by Crippen LogP contribution is 2.32. The molecule has 114 valence electrons. The molecular weight excluding hydrogens is 293 g/mol. The van der Waals surface area contributed by atoms with E-state index in [-0.39, 0.29) is 0 Å². The summed E-state index contributed by atoms with van der Waals surface area (Å²) in [5.41, 5.74) is 1.03. The Balaban J connectivity index is 2.53. The van der Waals surface area contributed by atoms with Crippen LogP contribution in [-0.2, 0) is 6.54 Å². The molecule has 0 atom stereocenters. The first-order valence-electron chi connectivity index (χ1n) is 7.50. The summed E-state index contributed by atoms with van der Waals surface area (Å²) >= 11 is 12.3. The lowest BCUT2D eigenvalue weighted by Crippen LogP contribution is -2.13. The van der Waals surface area contributed by atoms with Gasteiger partial charge in [0.1, 0.15) is 5.75 Å². The third-order valence-electron chi connectivity index (χ3n) is 3.15. The van der Waals surface area contributed by atoms with Gasteiger partial charge in [-0.15, -0.1) is 0 Å². The van der Waals surface area contributed by atoms with E-state index >= 15 is 0 Å². The Labute approximate surface area is 132 Å². The molecule has 1 aromatic carbocycles. The van der Waals surface area contributed by atoms with Gasteiger partial charge in [-0.25, -0.2) is 0 Å². The van der Waals surface area contributed by atoms with Gasteiger partial charge in [-0.2, -0.15) is 0 Å². The standard InChI is InChI=1S/C16H25Cl2NO/c1-3-5-6-7-8-9-20-16-13(12-19-4-2)10-14(17)11-15(16)18/h10-11,19H,3-9,12H2,1-2H3. The minimum Gasteiger partial charge on any atom is -0.492 e. The van der Waals surface area contributed by atoms with Crippen molar-refractivity contribution in [2.75, 3.05) is 13.2 Å². The van der Waals surface area contributed by atoms with Crippen LogP contribution in [0.3, 0.4) is 0 Å². The molecule has 4 heteroatoms. The summed E-state index contributed by atoms with van der Waals surface area (Å²) in [6.45, 7) is 6.63. The van der Waals surface area contributed by atoms with Crippen molar-refractivity contribution in [1.29, 1.82) is 0 Å². The van der Waals surface area contributed by atoms with E-state index in [2.05, 4.69) is 19.2 Å². The number of ether oxygens (including phenoxy) is 1. The third kappa shape index (κ3) is 6.34. The van der Waals surface area contributed by atoms with Gasteiger partial charge >= 0.3 is 0 Å². The molecule has 0 radical (unpaired) electrons. The molecule has 0 bridgehead atoms. The number of rotatable bonds is 10. The molecule has 0 heterocycles. The summed E-state index contributed by atoms with van der Waals surface area (Å²) in [7, 11) is 0. The van der Waals surface area contributed by atoms with Crippen molar-refractivity contribution >= 4 is 23.2 Å². The van der Waals surface area contributed by atoms with Crippen molar-refractivity contribution in [3.63, 3.8) is 0 Å². The minimum atomic E-state index is 0.596. The fourth-order valence-electron chi connectivity index (χ4n) is 2.05. The second-order valence-electron chi connectivity index (χ2n) is 4.92. The summed E-state index contributed by atoms with van der Waals surface area (Å²) < 4.78 is 5.87. The van der Waals surface area contributed by atoms with Crippen LogP contribution in [0.15, 0.2) is 12.1 Å². The normalized spacial score (nSPS) is 10.8. The molecule has 1 aromatic rings. The first-order chi connectivity index (χ1) is 9.69. The second-order valence-corrected chi connectivity index (χ2v) is 5.76. The van der Waals surface area contributed by atoms with Crippen LogP contribution in [-0.4, -0.2) is 13.2 Å². The first-order valence-corrected chi connectivity index (χ1v) is 8.26. The van der Waals surface area contributed by atoms with Crippen LogP contribution in [0, 0.1) is 0 Å². The SMILES string of the molecule is CCCCCCCOc1c(Cl)cc(Cl)cc1CNCC. The highest BCUT2D eigenvalue weighted by molar-refractivity contribution is 6.35. The maximum absolute atomic E-state index is 6.24. The summed E-state index contributed by atoms with van der Waals surface area (Å²) in [4.78, 5) is 0. The van der Waals surface area contributed by atoms with Crippen molar-refractivity contribution in [1.82, 2.24) is 5.32 Å². The van der Waals surface area contributed by atoms with E-state index in [1.165, 1.54) is 25.7 Å². The van der Waals surface area contributed by atoms with Gasteiger partial charge in [0.15, 0.2) is 0 Å². The van der Waals surface area contributed by atoms with Crippen LogP contribution in [0.1, 0.15) is 51.5 Å². The smallest absolute Gasteiger partial charge is 0.142 e. The molecule has 0 aromatic heterocycles. The monoisotopic (exact) mass is 317 g/mol. The quantitative estimate of drug-likeness (QED) is 0.579. The third-order valence-corrected chi connectivity index (χ3v) is 3.64. The zero-order valence-electron chi connectivity index (χ0n) is 12.5. The van der Waals surface area contributed by atoms with Crippen LogP contribution in [0.5, 0.6) is 5.75 Å². The van der Waals surface area contributed by atoms with Crippen molar-refractivity contribution in [3.05, 3.63) is 27.7 Å². The molecule has 1 rings (SSSR count). The number of hydrogen-bond donors (Lipinski definition) is 1. The first kappa shape index (κ1) is 17.6. The number of halogens is 2. The van der Waals surface area contributed by atoms with E-state index in [9.17, 15) is 0 Å². The topological polar surface area (TPSA) is 21.3 Å². The lowest BCUT2D eigenvalue weighted by molar-refractivity contribution is 0.301. The number of nitrogens with one attached hydrogen (secondary N) is 1. The average Bonchev–Trinajstić information content (AvgIpc) is 2.42. The van der Waals surface area contributed by atoms with Crippen LogP contribution in [0.25, 0.3) is 0 Å². The van der Waals surface area contributed by atoms with Crippen LogP contribution in [0.2, 0.25) is 10.0 Å². The maximum Gasteiger partial charge on any atom is 0.142 e. The highest BCUT2D eigenvalue weighted by Gasteiger charge is 2.10. The Bertz CT molecular complexity index is 396. The second kappa shape index (κ2) is 10.3. The maximum atomic E-state index is 6.24. The molecule has 0 amide bonds. The van der Waals surface area contributed by atoms with Gasteiger partial charge in [-0.05, 0) is 25.1 Å². The van der Waals surface area contributed by atoms with E-state index in [1.54, 1.807) is 6.07 Å². The van der Waals surface area contributed by atoms with Gasteiger partial charge in [0, 0.05) is 17.1 Å². The highest BCUT2D eigenvalue weighted by atomic mass is 35.5. The predicted molar refractivity (Wildman–Crippen MR) is 88.1 cm³/mol. The van der Waals surface area contributed by atoms with E-state index < -0.39 is 0 Å². The molecule has 2 nitrogen and oxygen atoms in total. The summed E-state index contributed by atoms with van der Waals surface area (Å²) in [5.74, 6) is 0.771. The van der Waals surface area contributed by atoms with Gasteiger partial charge in [-0.3, -0.25) is 0 Å². The number of benzene rings is 1. The number of hydrogen-bond acceptors (Lipinski definition) is 2. The van der Waals surface area contributed by atoms with E-state index in [0.717, 1.165) is 30.8 Å². The van der Waals surface area contributed by atoms with Crippen molar-refractivity contribution < 1.29 is 4.74 Å². The largest absolute Gasteiger partial charge is 0.492 e. The van der Waals surface area contributed by atoms with Gasteiger partial charge in [0.25, 0.3) is 0 Å². The Kier molecular flexibility index (Phi) is 9.08. The van der Waals surface area contributed by atoms with Gasteiger partial charge in [0.2, 0.25) is 0 Å². The minimum absolute atomic E-state index is 0.596. The lowest BCUT2D eigenvalue weighted by Gasteiger charge is -2.14. The van der Waals surface area contributed by atoms with E-state index in [1.807, 2.05) is 6.07 Å². The zero-order valence-corrected chi connectivity index (χ0v) is 14.0. The zero-order chi connectivity index (χ0) is 14.8. The molecule has 0 aliphatic heterocycles. The molecule has 0 aliphatic rings. The Hall–Kier alpha value is -0.440. The van der Waals surface area contributed by atoms with Crippen molar-refractivity contribution in [3.8, 4) is 5.75 Å². The average molecular weight is 318 g/mol. The predicted octanol–water partition coefficient (Wildman–Crippen LogP) is 5.45. The summed E-state index contributed by atoms with van der Waals surface area (Å²) in [6, 6.07) is 3.66. The van der Waals surface area contributed by atoms with E-state index in [0.29, 0.717) is 16.7 Å². The lowest BCUT2D eigenvalue weighted by atomic mass is 10.1. The van der Waals surface area contributed by atoms with Gasteiger partial charge < -0.3 is 10.1 Å². The van der Waals surface area contributed by atoms with Crippen LogP contribution >= 0.6 is 23.2 Å². The molecule has 20 heavy (non-hydrogen) atoms. The molecule has 0 unspecified atom stereocenters. The molecule has 0 saturated carbocycles. The molecule has 0 saturated heterocycles. The Morgan fingerprint density at radius 2 is 1.80 bits per heavy atom. The molecule has 0 spiro atoms.